The number of halogens is 4. The average molecular weight is 659 g/mol. The van der Waals surface area contributed by atoms with Gasteiger partial charge in [0.1, 0.15) is 12.3 Å². The number of nitrogens with zero attached hydrogens (tertiary/aromatic N) is 2. The van der Waals surface area contributed by atoms with E-state index in [0.29, 0.717) is 32.4 Å². The molecule has 0 aromatic heterocycles. The summed E-state index contributed by atoms with van der Waals surface area (Å²) in [6, 6.07) is 22.4. The van der Waals surface area contributed by atoms with Crippen molar-refractivity contribution in [2.45, 2.75) is 18.0 Å². The van der Waals surface area contributed by atoms with Gasteiger partial charge < -0.3 is 10.1 Å². The van der Waals surface area contributed by atoms with E-state index >= 15 is 0 Å². The van der Waals surface area contributed by atoms with Crippen molar-refractivity contribution in [3.05, 3.63) is 119 Å². The number of carbonyl (C=O) groups is 2. The van der Waals surface area contributed by atoms with Crippen LogP contribution in [0.25, 0.3) is 0 Å². The van der Waals surface area contributed by atoms with E-state index < -0.39 is 40.1 Å². The lowest BCUT2D eigenvalue weighted by Gasteiger charge is -2.24. The number of anilines is 2. The number of alkyl halides is 3. The van der Waals surface area contributed by atoms with E-state index in [1.165, 1.54) is 36.5 Å². The SMILES string of the molecule is Cc1ccc(S(=O)(=O)N(CC(=O)N/N=C/c2ccc(OCC(=O)Nc3ccccc3Cl)cc2)c2cccc(C(F)(F)F)c2)cc1. The molecule has 0 atom stereocenters. The number of hydrazone groups is 1. The second kappa shape index (κ2) is 14.3. The minimum absolute atomic E-state index is 0.203. The number of nitrogens with one attached hydrogen (secondary N) is 2. The van der Waals surface area contributed by atoms with Gasteiger partial charge in [0, 0.05) is 0 Å². The summed E-state index contributed by atoms with van der Waals surface area (Å²) in [5.41, 5.74) is 2.52. The summed E-state index contributed by atoms with van der Waals surface area (Å²) in [6.45, 7) is 0.621. The van der Waals surface area contributed by atoms with Crippen LogP contribution in [0.4, 0.5) is 24.5 Å². The fourth-order valence-electron chi connectivity index (χ4n) is 3.88. The molecule has 0 heterocycles. The topological polar surface area (TPSA) is 117 Å². The van der Waals surface area contributed by atoms with E-state index in [2.05, 4.69) is 15.8 Å². The van der Waals surface area contributed by atoms with E-state index in [9.17, 15) is 31.2 Å². The van der Waals surface area contributed by atoms with Crippen molar-refractivity contribution in [2.24, 2.45) is 5.10 Å². The molecule has 4 rings (SSSR count). The predicted molar refractivity (Wildman–Crippen MR) is 165 cm³/mol. The smallest absolute Gasteiger partial charge is 0.416 e. The van der Waals surface area contributed by atoms with Crippen LogP contribution in [-0.4, -0.2) is 39.6 Å². The van der Waals surface area contributed by atoms with Crippen molar-refractivity contribution in [1.29, 1.82) is 0 Å². The van der Waals surface area contributed by atoms with Gasteiger partial charge in [-0.25, -0.2) is 13.8 Å². The molecule has 45 heavy (non-hydrogen) atoms. The van der Waals surface area contributed by atoms with Gasteiger partial charge in [0.05, 0.1) is 33.1 Å². The van der Waals surface area contributed by atoms with Crippen LogP contribution in [0, 0.1) is 6.92 Å². The Morgan fingerprint density at radius 2 is 1.62 bits per heavy atom. The highest BCUT2D eigenvalue weighted by molar-refractivity contribution is 7.92. The Morgan fingerprint density at radius 3 is 2.29 bits per heavy atom. The Bertz CT molecular complexity index is 1800. The largest absolute Gasteiger partial charge is 0.484 e. The number of carbonyl (C=O) groups excluding carboxylic acids is 2. The average Bonchev–Trinajstić information content (AvgIpc) is 3.00. The van der Waals surface area contributed by atoms with E-state index in [-0.39, 0.29) is 17.2 Å². The zero-order valence-electron chi connectivity index (χ0n) is 23.6. The van der Waals surface area contributed by atoms with Crippen LogP contribution in [0.1, 0.15) is 16.7 Å². The molecule has 0 saturated heterocycles. The van der Waals surface area contributed by atoms with Crippen LogP contribution in [-0.2, 0) is 25.8 Å². The zero-order chi connectivity index (χ0) is 32.6. The summed E-state index contributed by atoms with van der Waals surface area (Å²) in [7, 11) is -4.44. The first-order valence-electron chi connectivity index (χ1n) is 13.2. The standard InChI is InChI=1S/C31H26ClF3N4O5S/c1-21-9-15-26(16-10-21)45(42,43)39(24-6-4-5-23(17-24)31(33,34)35)19-29(40)38-36-18-22-11-13-25(14-12-22)44-20-30(41)37-28-8-3-2-7-27(28)32/h2-18H,19-20H2,1H3,(H,37,41)(H,38,40)/b36-18+. The number of rotatable bonds is 11. The third kappa shape index (κ3) is 9.06. The third-order valence-corrected chi connectivity index (χ3v) is 8.28. The molecule has 2 amide bonds. The van der Waals surface area contributed by atoms with Gasteiger partial charge >= 0.3 is 6.18 Å². The molecular formula is C31H26ClF3N4O5S. The molecule has 0 aliphatic heterocycles. The Morgan fingerprint density at radius 1 is 0.933 bits per heavy atom. The third-order valence-electron chi connectivity index (χ3n) is 6.16. The molecule has 0 radical (unpaired) electrons. The molecule has 4 aromatic rings. The lowest BCUT2D eigenvalue weighted by Crippen LogP contribution is -2.39. The Labute approximate surface area is 262 Å². The number of aryl methyl sites for hydroxylation is 1. The maximum atomic E-state index is 13.5. The van der Waals surface area contributed by atoms with Gasteiger partial charge in [-0.05, 0) is 79.2 Å². The molecule has 14 heteroatoms. The summed E-state index contributed by atoms with van der Waals surface area (Å²) >= 11 is 6.03. The molecule has 0 aliphatic rings. The zero-order valence-corrected chi connectivity index (χ0v) is 25.2. The lowest BCUT2D eigenvalue weighted by atomic mass is 10.2. The number of ether oxygens (including phenoxy) is 1. The van der Waals surface area contributed by atoms with E-state index in [0.717, 1.165) is 17.7 Å². The van der Waals surface area contributed by atoms with Gasteiger partial charge in [-0.1, -0.05) is 47.5 Å². The van der Waals surface area contributed by atoms with Crippen LogP contribution >= 0.6 is 11.6 Å². The fourth-order valence-corrected chi connectivity index (χ4v) is 5.48. The molecule has 0 saturated carbocycles. The van der Waals surface area contributed by atoms with Crippen LogP contribution in [0.3, 0.4) is 0 Å². The Balaban J connectivity index is 1.40. The van der Waals surface area contributed by atoms with Gasteiger partial charge in [0.15, 0.2) is 6.61 Å². The van der Waals surface area contributed by atoms with Crippen molar-refractivity contribution < 1.29 is 35.9 Å². The molecular weight excluding hydrogens is 633 g/mol. The minimum atomic E-state index is -4.73. The number of benzene rings is 4. The van der Waals surface area contributed by atoms with Crippen LogP contribution in [0.2, 0.25) is 5.02 Å². The molecule has 0 bridgehead atoms. The van der Waals surface area contributed by atoms with E-state index in [1.807, 2.05) is 0 Å². The summed E-state index contributed by atoms with van der Waals surface area (Å²) in [4.78, 5) is 24.7. The first-order valence-corrected chi connectivity index (χ1v) is 15.0. The van der Waals surface area contributed by atoms with Crippen molar-refractivity contribution in [1.82, 2.24) is 5.43 Å². The monoisotopic (exact) mass is 658 g/mol. The van der Waals surface area contributed by atoms with Gasteiger partial charge in [0.25, 0.3) is 21.8 Å². The van der Waals surface area contributed by atoms with Crippen LogP contribution in [0.5, 0.6) is 5.75 Å². The molecule has 0 spiro atoms. The molecule has 0 fully saturated rings. The second-order valence-corrected chi connectivity index (χ2v) is 11.8. The van der Waals surface area contributed by atoms with Crippen molar-refractivity contribution in [3.63, 3.8) is 0 Å². The highest BCUT2D eigenvalue weighted by Crippen LogP contribution is 2.33. The van der Waals surface area contributed by atoms with Crippen molar-refractivity contribution >= 4 is 51.0 Å². The highest BCUT2D eigenvalue weighted by atomic mass is 35.5. The first kappa shape index (κ1) is 33.0. The van der Waals surface area contributed by atoms with Crippen molar-refractivity contribution in [3.8, 4) is 5.75 Å². The summed E-state index contributed by atoms with van der Waals surface area (Å²) in [5, 5.41) is 6.85. The maximum absolute atomic E-state index is 13.5. The van der Waals surface area contributed by atoms with Crippen molar-refractivity contribution in [2.75, 3.05) is 22.8 Å². The van der Waals surface area contributed by atoms with Crippen LogP contribution < -0.4 is 19.8 Å². The van der Waals surface area contributed by atoms with Gasteiger partial charge in [-0.2, -0.15) is 18.3 Å². The highest BCUT2D eigenvalue weighted by Gasteiger charge is 2.33. The van der Waals surface area contributed by atoms with Gasteiger partial charge in [0.2, 0.25) is 0 Å². The number of amides is 2. The Hall–Kier alpha value is -4.88. The molecule has 0 aliphatic carbocycles. The molecule has 2 N–H and O–H groups in total. The fraction of sp³-hybridized carbons (Fsp3) is 0.129. The Kier molecular flexibility index (Phi) is 10.5. The molecule has 234 valence electrons. The number of sulfonamides is 1. The van der Waals surface area contributed by atoms with Gasteiger partial charge in [-0.3, -0.25) is 13.9 Å². The normalized spacial score (nSPS) is 11.7. The summed E-state index contributed by atoms with van der Waals surface area (Å²) < 4.78 is 73.1. The predicted octanol–water partition coefficient (Wildman–Crippen LogP) is 6.03. The van der Waals surface area contributed by atoms with Gasteiger partial charge in [-0.15, -0.1) is 0 Å². The molecule has 0 unspecified atom stereocenters. The molecule has 4 aromatic carbocycles. The summed E-state index contributed by atoms with van der Waals surface area (Å²) in [6.07, 6.45) is -3.46. The number of para-hydroxylation sites is 1. The number of hydrogen-bond acceptors (Lipinski definition) is 6. The maximum Gasteiger partial charge on any atom is 0.416 e. The first-order chi connectivity index (χ1) is 21.3. The quantitative estimate of drug-likeness (QED) is 0.151. The lowest BCUT2D eigenvalue weighted by molar-refractivity contribution is -0.137. The summed E-state index contributed by atoms with van der Waals surface area (Å²) in [5.74, 6) is -0.938. The van der Waals surface area contributed by atoms with E-state index in [1.54, 1.807) is 55.5 Å². The van der Waals surface area contributed by atoms with Crippen LogP contribution in [0.15, 0.2) is 107 Å². The number of hydrogen-bond donors (Lipinski definition) is 2. The van der Waals surface area contributed by atoms with E-state index in [4.69, 9.17) is 16.3 Å². The minimum Gasteiger partial charge on any atom is -0.484 e. The molecule has 9 nitrogen and oxygen atoms in total. The second-order valence-electron chi connectivity index (χ2n) is 9.55.